The average Bonchev–Trinajstić information content (AvgIpc) is 2.61. The van der Waals surface area contributed by atoms with E-state index in [1.165, 1.54) is 20.3 Å². The summed E-state index contributed by atoms with van der Waals surface area (Å²) in [5, 5.41) is 13.3. The molecule has 1 aromatic carbocycles. The lowest BCUT2D eigenvalue weighted by molar-refractivity contribution is -0.149. The lowest BCUT2D eigenvalue weighted by atomic mass is 9.71. The molecular formula is C18H25FN2O4. The third-order valence-corrected chi connectivity index (χ3v) is 5.35. The summed E-state index contributed by atoms with van der Waals surface area (Å²) in [7, 11) is 2.98. The summed E-state index contributed by atoms with van der Waals surface area (Å²) in [6.45, 7) is 2.04. The largest absolute Gasteiger partial charge is 0.493 e. The van der Waals surface area contributed by atoms with Crippen LogP contribution in [0, 0.1) is 11.2 Å². The van der Waals surface area contributed by atoms with E-state index < -0.39 is 11.5 Å². The van der Waals surface area contributed by atoms with Crippen LogP contribution in [0.2, 0.25) is 0 Å². The highest BCUT2D eigenvalue weighted by Gasteiger charge is 2.49. The predicted octanol–water partition coefficient (Wildman–Crippen LogP) is 1.31. The molecule has 1 spiro atoms. The number of ether oxygens (including phenoxy) is 2. The Morgan fingerprint density at radius 1 is 1.36 bits per heavy atom. The van der Waals surface area contributed by atoms with Crippen molar-refractivity contribution in [1.29, 1.82) is 0 Å². The number of methoxy groups -OCH3 is 2. The van der Waals surface area contributed by atoms with Gasteiger partial charge < -0.3 is 19.9 Å². The molecule has 3 rings (SSSR count). The zero-order chi connectivity index (χ0) is 18.0. The Morgan fingerprint density at radius 3 is 2.76 bits per heavy atom. The fourth-order valence-corrected chi connectivity index (χ4v) is 3.92. The number of rotatable bonds is 4. The van der Waals surface area contributed by atoms with E-state index in [4.69, 9.17) is 9.47 Å². The molecule has 1 aromatic rings. The first kappa shape index (κ1) is 17.9. The highest BCUT2D eigenvalue weighted by molar-refractivity contribution is 5.84. The van der Waals surface area contributed by atoms with E-state index in [1.807, 2.05) is 4.90 Å². The highest BCUT2D eigenvalue weighted by Crippen LogP contribution is 2.38. The average molecular weight is 352 g/mol. The number of aliphatic hydroxyl groups excluding tert-OH is 1. The van der Waals surface area contributed by atoms with Crippen molar-refractivity contribution in [3.8, 4) is 11.5 Å². The molecule has 6 nitrogen and oxygen atoms in total. The summed E-state index contributed by atoms with van der Waals surface area (Å²) in [5.74, 6) is 0.358. The van der Waals surface area contributed by atoms with Gasteiger partial charge in [-0.15, -0.1) is 0 Å². The zero-order valence-corrected chi connectivity index (χ0v) is 14.7. The van der Waals surface area contributed by atoms with Gasteiger partial charge in [-0.2, -0.15) is 0 Å². The van der Waals surface area contributed by atoms with Crippen LogP contribution in [-0.4, -0.2) is 55.9 Å². The monoisotopic (exact) mass is 352 g/mol. The van der Waals surface area contributed by atoms with Gasteiger partial charge in [0, 0.05) is 37.8 Å². The molecule has 2 fully saturated rings. The van der Waals surface area contributed by atoms with Crippen LogP contribution in [0.3, 0.4) is 0 Å². The van der Waals surface area contributed by atoms with Gasteiger partial charge in [-0.1, -0.05) is 0 Å². The first-order valence-electron chi connectivity index (χ1n) is 8.59. The van der Waals surface area contributed by atoms with Crippen LogP contribution in [0.15, 0.2) is 12.1 Å². The Kier molecular flexibility index (Phi) is 5.15. The molecular weight excluding hydrogens is 327 g/mol. The van der Waals surface area contributed by atoms with Crippen molar-refractivity contribution >= 4 is 5.91 Å². The number of nitrogens with zero attached hydrogens (tertiary/aromatic N) is 1. The highest BCUT2D eigenvalue weighted by atomic mass is 19.1. The van der Waals surface area contributed by atoms with E-state index in [2.05, 4.69) is 5.32 Å². The van der Waals surface area contributed by atoms with E-state index in [0.717, 1.165) is 6.42 Å². The van der Waals surface area contributed by atoms with Gasteiger partial charge in [0.2, 0.25) is 5.91 Å². The van der Waals surface area contributed by atoms with Crippen LogP contribution < -0.4 is 14.8 Å². The van der Waals surface area contributed by atoms with Gasteiger partial charge in [0.15, 0.2) is 11.5 Å². The number of halogens is 1. The number of piperidine rings is 2. The lowest BCUT2D eigenvalue weighted by Gasteiger charge is -2.47. The van der Waals surface area contributed by atoms with E-state index >= 15 is 0 Å². The quantitative estimate of drug-likeness (QED) is 0.855. The number of hydrogen-bond donors (Lipinski definition) is 2. The molecule has 2 saturated heterocycles. The molecule has 0 aromatic heterocycles. The van der Waals surface area contributed by atoms with Crippen molar-refractivity contribution in [2.45, 2.75) is 31.9 Å². The maximum atomic E-state index is 14.4. The minimum absolute atomic E-state index is 0.0938. The number of benzene rings is 1. The van der Waals surface area contributed by atoms with E-state index in [1.54, 1.807) is 6.07 Å². The molecule has 2 heterocycles. The van der Waals surface area contributed by atoms with Crippen molar-refractivity contribution in [3.05, 3.63) is 23.5 Å². The summed E-state index contributed by atoms with van der Waals surface area (Å²) in [4.78, 5) is 14.5. The third-order valence-electron chi connectivity index (χ3n) is 5.35. The van der Waals surface area contributed by atoms with E-state index in [9.17, 15) is 14.3 Å². The fourth-order valence-electron chi connectivity index (χ4n) is 3.92. The molecule has 2 aliphatic heterocycles. The molecule has 0 radical (unpaired) electrons. The Labute approximate surface area is 146 Å². The smallest absolute Gasteiger partial charge is 0.230 e. The topological polar surface area (TPSA) is 71.0 Å². The molecule has 0 aliphatic carbocycles. The number of amides is 1. The first-order valence-corrected chi connectivity index (χ1v) is 8.59. The van der Waals surface area contributed by atoms with Gasteiger partial charge in [-0.3, -0.25) is 9.69 Å². The van der Waals surface area contributed by atoms with Gasteiger partial charge in [0.1, 0.15) is 5.82 Å². The van der Waals surface area contributed by atoms with E-state index in [-0.39, 0.29) is 11.7 Å². The van der Waals surface area contributed by atoms with Crippen LogP contribution in [0.5, 0.6) is 11.5 Å². The van der Waals surface area contributed by atoms with Crippen molar-refractivity contribution in [1.82, 2.24) is 10.2 Å². The SMILES string of the molecule is COc1cc(F)c(CN2CC[C@@H](O)[C@@]3(CCCNC3=O)C2)cc1OC. The number of carbonyl (C=O) groups excluding carboxylic acids is 1. The maximum Gasteiger partial charge on any atom is 0.230 e. The number of nitrogens with one attached hydrogen (secondary N) is 1. The molecule has 1 amide bonds. The van der Waals surface area contributed by atoms with Gasteiger partial charge in [-0.25, -0.2) is 4.39 Å². The summed E-state index contributed by atoms with van der Waals surface area (Å²) < 4.78 is 24.8. The van der Waals surface area contributed by atoms with Crippen LogP contribution in [-0.2, 0) is 11.3 Å². The number of hydrogen-bond acceptors (Lipinski definition) is 5. The standard InChI is InChI=1S/C18H25FN2O4/c1-24-14-8-12(13(19)9-15(14)25-2)10-21-7-4-16(22)18(11-21)5-3-6-20-17(18)23/h8-9,16,22H,3-7,10-11H2,1-2H3,(H,20,23)/t16-,18-/m1/s1. The number of carbonyl (C=O) groups is 1. The first-order chi connectivity index (χ1) is 12.0. The molecule has 7 heteroatoms. The van der Waals surface area contributed by atoms with Crippen LogP contribution in [0.4, 0.5) is 4.39 Å². The minimum atomic E-state index is -0.788. The number of likely N-dealkylation sites (tertiary alicyclic amines) is 1. The second-order valence-corrected chi connectivity index (χ2v) is 6.83. The maximum absolute atomic E-state index is 14.4. The molecule has 2 aliphatic rings. The van der Waals surface area contributed by atoms with Crippen LogP contribution in [0.1, 0.15) is 24.8 Å². The summed E-state index contributed by atoms with van der Waals surface area (Å²) in [5.41, 5.74) is -0.302. The Morgan fingerprint density at radius 2 is 2.08 bits per heavy atom. The van der Waals surface area contributed by atoms with Crippen molar-refractivity contribution < 1.29 is 23.8 Å². The van der Waals surface area contributed by atoms with Crippen molar-refractivity contribution in [2.75, 3.05) is 33.9 Å². The molecule has 2 atom stereocenters. The molecule has 25 heavy (non-hydrogen) atoms. The molecule has 0 bridgehead atoms. The minimum Gasteiger partial charge on any atom is -0.493 e. The predicted molar refractivity (Wildman–Crippen MR) is 90.1 cm³/mol. The van der Waals surface area contributed by atoms with Gasteiger partial charge in [0.05, 0.1) is 25.7 Å². The summed E-state index contributed by atoms with van der Waals surface area (Å²) in [6.07, 6.45) is 1.36. The molecule has 0 saturated carbocycles. The fraction of sp³-hybridized carbons (Fsp3) is 0.611. The van der Waals surface area contributed by atoms with Gasteiger partial charge >= 0.3 is 0 Å². The van der Waals surface area contributed by atoms with Crippen molar-refractivity contribution in [3.63, 3.8) is 0 Å². The Bertz CT molecular complexity index is 654. The Balaban J connectivity index is 1.80. The second-order valence-electron chi connectivity index (χ2n) is 6.83. The zero-order valence-electron chi connectivity index (χ0n) is 14.7. The molecule has 2 N–H and O–H groups in total. The normalized spacial score (nSPS) is 27.2. The lowest BCUT2D eigenvalue weighted by Crippen LogP contribution is -2.61. The Hall–Kier alpha value is -1.86. The van der Waals surface area contributed by atoms with Crippen molar-refractivity contribution in [2.24, 2.45) is 5.41 Å². The third kappa shape index (κ3) is 3.30. The van der Waals surface area contributed by atoms with Crippen LogP contribution >= 0.6 is 0 Å². The molecule has 0 unspecified atom stereocenters. The molecule has 138 valence electrons. The second kappa shape index (κ2) is 7.17. The summed E-state index contributed by atoms with van der Waals surface area (Å²) >= 11 is 0. The summed E-state index contributed by atoms with van der Waals surface area (Å²) in [6, 6.07) is 2.95. The van der Waals surface area contributed by atoms with Crippen LogP contribution in [0.25, 0.3) is 0 Å². The van der Waals surface area contributed by atoms with E-state index in [0.29, 0.717) is 56.1 Å². The number of aliphatic hydroxyl groups is 1. The van der Waals surface area contributed by atoms with Gasteiger partial charge in [0.25, 0.3) is 0 Å². The van der Waals surface area contributed by atoms with Gasteiger partial charge in [-0.05, 0) is 25.3 Å².